The minimum Gasteiger partial charge on any atom is -0.368 e. The maximum Gasteiger partial charge on any atom is 0.237 e. The van der Waals surface area contributed by atoms with E-state index in [0.717, 1.165) is 32.5 Å². The molecular formula is C13H28N4O. The number of carbonyl (C=O) groups excluding carboxylic acids is 1. The molecule has 0 saturated carbocycles. The number of nitrogens with two attached hydrogens (primary N) is 1. The van der Waals surface area contributed by atoms with Gasteiger partial charge in [-0.2, -0.15) is 0 Å². The Morgan fingerprint density at radius 3 is 2.67 bits per heavy atom. The van der Waals surface area contributed by atoms with E-state index in [0.29, 0.717) is 6.04 Å². The lowest BCUT2D eigenvalue weighted by Crippen LogP contribution is -2.51. The fourth-order valence-corrected chi connectivity index (χ4v) is 2.46. The third-order valence-corrected chi connectivity index (χ3v) is 4.22. The molecule has 1 rings (SSSR count). The molecule has 1 amide bonds. The van der Waals surface area contributed by atoms with Crippen LogP contribution in [0.1, 0.15) is 26.2 Å². The van der Waals surface area contributed by atoms with Crippen LogP contribution in [-0.4, -0.2) is 68.1 Å². The molecule has 106 valence electrons. The van der Waals surface area contributed by atoms with Crippen LogP contribution in [-0.2, 0) is 4.79 Å². The Morgan fingerprint density at radius 1 is 1.56 bits per heavy atom. The van der Waals surface area contributed by atoms with Crippen molar-refractivity contribution in [1.82, 2.24) is 15.1 Å². The van der Waals surface area contributed by atoms with E-state index in [1.165, 1.54) is 6.42 Å². The van der Waals surface area contributed by atoms with Crippen molar-refractivity contribution in [3.63, 3.8) is 0 Å². The molecule has 2 unspecified atom stereocenters. The summed E-state index contributed by atoms with van der Waals surface area (Å²) in [5, 5.41) is 3.03. The predicted molar refractivity (Wildman–Crippen MR) is 74.4 cm³/mol. The van der Waals surface area contributed by atoms with E-state index in [9.17, 15) is 4.79 Å². The zero-order chi connectivity index (χ0) is 13.8. The van der Waals surface area contributed by atoms with Gasteiger partial charge in [-0.05, 0) is 60.4 Å². The first-order valence-corrected chi connectivity index (χ1v) is 6.76. The fraction of sp³-hybridized carbons (Fsp3) is 0.923. The zero-order valence-electron chi connectivity index (χ0n) is 12.2. The summed E-state index contributed by atoms with van der Waals surface area (Å²) in [6, 6.07) is 0.678. The first-order chi connectivity index (χ1) is 8.39. The van der Waals surface area contributed by atoms with E-state index < -0.39 is 5.54 Å². The van der Waals surface area contributed by atoms with E-state index >= 15 is 0 Å². The fourth-order valence-electron chi connectivity index (χ4n) is 2.46. The van der Waals surface area contributed by atoms with Crippen molar-refractivity contribution >= 4 is 5.91 Å². The second kappa shape index (κ2) is 6.50. The summed E-state index contributed by atoms with van der Waals surface area (Å²) in [5.74, 6) is -0.266. The highest BCUT2D eigenvalue weighted by Gasteiger charge is 2.29. The van der Waals surface area contributed by atoms with Crippen LogP contribution in [0.15, 0.2) is 0 Å². The second-order valence-electron chi connectivity index (χ2n) is 5.76. The van der Waals surface area contributed by atoms with Gasteiger partial charge in [-0.15, -0.1) is 0 Å². The Bertz CT molecular complexity index is 282. The van der Waals surface area contributed by atoms with Gasteiger partial charge in [0, 0.05) is 12.6 Å². The first kappa shape index (κ1) is 15.4. The minimum absolute atomic E-state index is 0.266. The normalized spacial score (nSPS) is 24.4. The standard InChI is InChI=1S/C13H28N4O/c1-13(15-2,12(14)18)7-5-8-17-9-6-11(10-17)16(3)4/h11,15H,5-10H2,1-4H3,(H2,14,18). The molecule has 1 aliphatic rings. The van der Waals surface area contributed by atoms with Crippen LogP contribution in [0.2, 0.25) is 0 Å². The number of nitrogens with zero attached hydrogens (tertiary/aromatic N) is 2. The van der Waals surface area contributed by atoms with Gasteiger partial charge in [-0.25, -0.2) is 0 Å². The smallest absolute Gasteiger partial charge is 0.237 e. The molecule has 0 aliphatic carbocycles. The number of nitrogens with one attached hydrogen (secondary N) is 1. The Hall–Kier alpha value is -0.650. The van der Waals surface area contributed by atoms with Crippen LogP contribution >= 0.6 is 0 Å². The number of rotatable bonds is 7. The molecule has 5 heteroatoms. The average Bonchev–Trinajstić information content (AvgIpc) is 2.77. The van der Waals surface area contributed by atoms with Gasteiger partial charge in [0.15, 0.2) is 0 Å². The molecule has 0 aromatic heterocycles. The molecule has 1 saturated heterocycles. The highest BCUT2D eigenvalue weighted by atomic mass is 16.1. The summed E-state index contributed by atoms with van der Waals surface area (Å²) in [4.78, 5) is 16.1. The summed E-state index contributed by atoms with van der Waals surface area (Å²) in [6.07, 6.45) is 3.04. The second-order valence-corrected chi connectivity index (χ2v) is 5.76. The predicted octanol–water partition coefficient (Wildman–Crippen LogP) is -0.134. The lowest BCUT2D eigenvalue weighted by Gasteiger charge is -2.26. The molecule has 1 heterocycles. The molecular weight excluding hydrogens is 228 g/mol. The van der Waals surface area contributed by atoms with Crippen LogP contribution < -0.4 is 11.1 Å². The number of hydrogen-bond acceptors (Lipinski definition) is 4. The van der Waals surface area contributed by atoms with Crippen LogP contribution in [0.25, 0.3) is 0 Å². The summed E-state index contributed by atoms with van der Waals surface area (Å²) < 4.78 is 0. The van der Waals surface area contributed by atoms with Gasteiger partial charge in [0.25, 0.3) is 0 Å². The highest BCUT2D eigenvalue weighted by molar-refractivity contribution is 5.84. The number of likely N-dealkylation sites (tertiary alicyclic amines) is 1. The molecule has 3 N–H and O–H groups in total. The monoisotopic (exact) mass is 256 g/mol. The lowest BCUT2D eigenvalue weighted by molar-refractivity contribution is -0.123. The Balaban J connectivity index is 2.28. The molecule has 1 aliphatic heterocycles. The Morgan fingerprint density at radius 2 is 2.22 bits per heavy atom. The van der Waals surface area contributed by atoms with Crippen molar-refractivity contribution in [2.75, 3.05) is 40.8 Å². The quantitative estimate of drug-likeness (QED) is 0.666. The molecule has 0 radical (unpaired) electrons. The SMILES string of the molecule is CNC(C)(CCCN1CCC(N(C)C)C1)C(N)=O. The van der Waals surface area contributed by atoms with Gasteiger partial charge >= 0.3 is 0 Å². The lowest BCUT2D eigenvalue weighted by atomic mass is 9.95. The number of carbonyl (C=O) groups is 1. The van der Waals surface area contributed by atoms with Gasteiger partial charge in [-0.3, -0.25) is 4.79 Å². The van der Waals surface area contributed by atoms with Crippen molar-refractivity contribution in [2.24, 2.45) is 5.73 Å². The zero-order valence-corrected chi connectivity index (χ0v) is 12.2. The third-order valence-electron chi connectivity index (χ3n) is 4.22. The van der Waals surface area contributed by atoms with E-state index in [-0.39, 0.29) is 5.91 Å². The van der Waals surface area contributed by atoms with Crippen LogP contribution in [0.3, 0.4) is 0 Å². The molecule has 0 spiro atoms. The van der Waals surface area contributed by atoms with Crippen molar-refractivity contribution in [3.8, 4) is 0 Å². The number of likely N-dealkylation sites (N-methyl/N-ethyl adjacent to an activating group) is 2. The van der Waals surface area contributed by atoms with Gasteiger partial charge in [0.1, 0.15) is 0 Å². The summed E-state index contributed by atoms with van der Waals surface area (Å²) >= 11 is 0. The van der Waals surface area contributed by atoms with Crippen molar-refractivity contribution in [1.29, 1.82) is 0 Å². The topological polar surface area (TPSA) is 61.6 Å². The summed E-state index contributed by atoms with van der Waals surface area (Å²) in [7, 11) is 6.07. The van der Waals surface area contributed by atoms with Gasteiger partial charge in [-0.1, -0.05) is 0 Å². The molecule has 2 atom stereocenters. The van der Waals surface area contributed by atoms with E-state index in [1.54, 1.807) is 7.05 Å². The van der Waals surface area contributed by atoms with E-state index in [2.05, 4.69) is 29.2 Å². The molecule has 5 nitrogen and oxygen atoms in total. The first-order valence-electron chi connectivity index (χ1n) is 6.76. The van der Waals surface area contributed by atoms with Gasteiger partial charge < -0.3 is 20.9 Å². The van der Waals surface area contributed by atoms with Gasteiger partial charge in [0.2, 0.25) is 5.91 Å². The maximum absolute atomic E-state index is 11.4. The maximum atomic E-state index is 11.4. The molecule has 0 bridgehead atoms. The molecule has 0 aromatic carbocycles. The highest BCUT2D eigenvalue weighted by Crippen LogP contribution is 2.16. The average molecular weight is 256 g/mol. The van der Waals surface area contributed by atoms with Gasteiger partial charge in [0.05, 0.1) is 5.54 Å². The molecule has 18 heavy (non-hydrogen) atoms. The number of hydrogen-bond donors (Lipinski definition) is 2. The van der Waals surface area contributed by atoms with E-state index in [4.69, 9.17) is 5.73 Å². The van der Waals surface area contributed by atoms with Crippen molar-refractivity contribution < 1.29 is 4.79 Å². The number of primary amides is 1. The van der Waals surface area contributed by atoms with Crippen LogP contribution in [0, 0.1) is 0 Å². The van der Waals surface area contributed by atoms with E-state index in [1.807, 2.05) is 6.92 Å². The summed E-state index contributed by atoms with van der Waals surface area (Å²) in [6.45, 7) is 5.23. The summed E-state index contributed by atoms with van der Waals surface area (Å²) in [5.41, 5.74) is 4.85. The molecule has 0 aromatic rings. The number of amides is 1. The Kier molecular flexibility index (Phi) is 5.56. The van der Waals surface area contributed by atoms with Crippen molar-refractivity contribution in [2.45, 2.75) is 37.8 Å². The largest absolute Gasteiger partial charge is 0.368 e. The van der Waals surface area contributed by atoms with Crippen LogP contribution in [0.4, 0.5) is 0 Å². The van der Waals surface area contributed by atoms with Crippen LogP contribution in [0.5, 0.6) is 0 Å². The molecule has 1 fully saturated rings. The third kappa shape index (κ3) is 3.93. The van der Waals surface area contributed by atoms with Crippen molar-refractivity contribution in [3.05, 3.63) is 0 Å². The Labute approximate surface area is 111 Å². The minimum atomic E-state index is -0.569.